The summed E-state index contributed by atoms with van der Waals surface area (Å²) in [5, 5.41) is 18.9. The Morgan fingerprint density at radius 3 is 2.53 bits per heavy atom. The summed E-state index contributed by atoms with van der Waals surface area (Å²) in [7, 11) is 0. The molecule has 0 bridgehead atoms. The van der Waals surface area contributed by atoms with E-state index in [1.807, 2.05) is 6.92 Å². The summed E-state index contributed by atoms with van der Waals surface area (Å²) in [6.07, 6.45) is 1.40. The van der Waals surface area contributed by atoms with E-state index in [1.54, 1.807) is 30.3 Å². The molecule has 3 aromatic rings. The largest absolute Gasteiger partial charge is 0.459 e. The molecule has 1 heterocycles. The van der Waals surface area contributed by atoms with Crippen molar-refractivity contribution >= 4 is 46.2 Å². The third kappa shape index (κ3) is 5.06. The Bertz CT molecular complexity index is 1130. The van der Waals surface area contributed by atoms with E-state index >= 15 is 0 Å². The van der Waals surface area contributed by atoms with E-state index < -0.39 is 16.7 Å². The molecule has 0 atom stereocenters. The zero-order chi connectivity index (χ0) is 21.7. The zero-order valence-corrected chi connectivity index (χ0v) is 16.5. The number of hydrogen-bond donors (Lipinski definition) is 3. The molecule has 3 N–H and O–H groups in total. The van der Waals surface area contributed by atoms with Crippen LogP contribution in [0.5, 0.6) is 0 Å². The first kappa shape index (κ1) is 20.7. The van der Waals surface area contributed by atoms with E-state index in [4.69, 9.17) is 16.6 Å². The molecule has 152 valence electrons. The van der Waals surface area contributed by atoms with Gasteiger partial charge in [0.05, 0.1) is 11.2 Å². The molecule has 9 nitrogen and oxygen atoms in total. The van der Waals surface area contributed by atoms with Crippen molar-refractivity contribution in [2.75, 3.05) is 10.6 Å². The van der Waals surface area contributed by atoms with Crippen LogP contribution in [0.1, 0.15) is 26.5 Å². The van der Waals surface area contributed by atoms with Crippen molar-refractivity contribution in [1.29, 1.82) is 0 Å². The minimum absolute atomic E-state index is 0.00381. The Morgan fingerprint density at radius 2 is 1.83 bits per heavy atom. The van der Waals surface area contributed by atoms with Gasteiger partial charge in [-0.25, -0.2) is 0 Å². The number of furan rings is 1. The van der Waals surface area contributed by atoms with Crippen LogP contribution in [0.3, 0.4) is 0 Å². The predicted molar refractivity (Wildman–Crippen MR) is 115 cm³/mol. The van der Waals surface area contributed by atoms with Crippen LogP contribution in [-0.4, -0.2) is 21.9 Å². The number of carbonyl (C=O) groups excluding carboxylic acids is 2. The topological polar surface area (TPSA) is 127 Å². The number of rotatable bonds is 5. The van der Waals surface area contributed by atoms with Gasteiger partial charge in [-0.1, -0.05) is 12.1 Å². The van der Waals surface area contributed by atoms with Crippen molar-refractivity contribution in [1.82, 2.24) is 5.32 Å². The highest BCUT2D eigenvalue weighted by Crippen LogP contribution is 2.21. The summed E-state index contributed by atoms with van der Waals surface area (Å²) in [5.74, 6) is -0.822. The molecule has 0 spiro atoms. The molecule has 0 radical (unpaired) electrons. The minimum Gasteiger partial charge on any atom is -0.459 e. The molecule has 2 amide bonds. The molecule has 1 aromatic heterocycles. The van der Waals surface area contributed by atoms with E-state index in [9.17, 15) is 19.7 Å². The van der Waals surface area contributed by atoms with Crippen LogP contribution in [0.25, 0.3) is 0 Å². The first-order valence-electron chi connectivity index (χ1n) is 8.66. The molecule has 30 heavy (non-hydrogen) atoms. The number of benzene rings is 2. The molecule has 0 saturated carbocycles. The van der Waals surface area contributed by atoms with Gasteiger partial charge in [0.25, 0.3) is 17.5 Å². The summed E-state index contributed by atoms with van der Waals surface area (Å²) >= 11 is 5.17. The van der Waals surface area contributed by atoms with Crippen LogP contribution >= 0.6 is 12.2 Å². The number of hydrogen-bond acceptors (Lipinski definition) is 6. The Kier molecular flexibility index (Phi) is 6.18. The van der Waals surface area contributed by atoms with Crippen LogP contribution < -0.4 is 16.0 Å². The van der Waals surface area contributed by atoms with Crippen molar-refractivity contribution in [2.24, 2.45) is 0 Å². The summed E-state index contributed by atoms with van der Waals surface area (Å²) < 4.78 is 5.06. The standard InChI is InChI=1S/C20H16N4O5S/c1-12-7-8-14(21-19(26)17-6-3-9-29-17)11-16(12)22-20(30)23-18(25)13-4-2-5-15(10-13)24(27)28/h2-11H,1H3,(H,21,26)(H2,22,23,25,30). The van der Waals surface area contributed by atoms with Gasteiger partial charge in [-0.3, -0.25) is 25.0 Å². The number of nitrogens with one attached hydrogen (secondary N) is 3. The van der Waals surface area contributed by atoms with Gasteiger partial charge < -0.3 is 15.1 Å². The molecule has 2 aromatic carbocycles. The van der Waals surface area contributed by atoms with E-state index in [0.717, 1.165) is 11.6 Å². The van der Waals surface area contributed by atoms with Crippen molar-refractivity contribution in [2.45, 2.75) is 6.92 Å². The smallest absolute Gasteiger partial charge is 0.291 e. The van der Waals surface area contributed by atoms with Crippen LogP contribution in [0, 0.1) is 17.0 Å². The van der Waals surface area contributed by atoms with Crippen LogP contribution in [0.4, 0.5) is 17.1 Å². The van der Waals surface area contributed by atoms with Crippen molar-refractivity contribution in [3.05, 3.63) is 87.9 Å². The average Bonchev–Trinajstić information content (AvgIpc) is 3.25. The lowest BCUT2D eigenvalue weighted by atomic mass is 10.1. The highest BCUT2D eigenvalue weighted by molar-refractivity contribution is 7.80. The molecule has 0 aliphatic heterocycles. The SMILES string of the molecule is Cc1ccc(NC(=O)c2ccco2)cc1NC(=S)NC(=O)c1cccc([N+](=O)[O-])c1. The fourth-order valence-electron chi connectivity index (χ4n) is 2.52. The zero-order valence-electron chi connectivity index (χ0n) is 15.7. The fourth-order valence-corrected chi connectivity index (χ4v) is 2.73. The highest BCUT2D eigenvalue weighted by Gasteiger charge is 2.14. The summed E-state index contributed by atoms with van der Waals surface area (Å²) in [5.41, 5.74) is 1.79. The minimum atomic E-state index is -0.587. The number of amides is 2. The number of nitrogens with zero attached hydrogens (tertiary/aromatic N) is 1. The Balaban J connectivity index is 1.67. The molecular weight excluding hydrogens is 408 g/mol. The van der Waals surface area contributed by atoms with E-state index in [1.165, 1.54) is 24.5 Å². The Morgan fingerprint density at radius 1 is 1.03 bits per heavy atom. The first-order valence-corrected chi connectivity index (χ1v) is 9.06. The van der Waals surface area contributed by atoms with Gasteiger partial charge in [0.2, 0.25) is 0 Å². The number of nitro groups is 1. The molecule has 0 aliphatic carbocycles. The molecule has 3 rings (SSSR count). The monoisotopic (exact) mass is 424 g/mol. The summed E-state index contributed by atoms with van der Waals surface area (Å²) in [6, 6.07) is 13.6. The predicted octanol–water partition coefficient (Wildman–Crippen LogP) is 3.88. The van der Waals surface area contributed by atoms with Crippen LogP contribution in [0.15, 0.2) is 65.3 Å². The first-order chi connectivity index (χ1) is 14.3. The van der Waals surface area contributed by atoms with Gasteiger partial charge in [0.15, 0.2) is 10.9 Å². The highest BCUT2D eigenvalue weighted by atomic mass is 32.1. The number of thiocarbonyl (C=S) groups is 1. The lowest BCUT2D eigenvalue weighted by Crippen LogP contribution is -2.34. The van der Waals surface area contributed by atoms with Gasteiger partial charge in [-0.15, -0.1) is 0 Å². The average molecular weight is 424 g/mol. The second kappa shape index (κ2) is 8.97. The second-order valence-electron chi connectivity index (χ2n) is 6.18. The van der Waals surface area contributed by atoms with E-state index in [0.29, 0.717) is 11.4 Å². The molecule has 0 saturated heterocycles. The van der Waals surface area contributed by atoms with E-state index in [2.05, 4.69) is 16.0 Å². The van der Waals surface area contributed by atoms with Crippen LogP contribution in [0.2, 0.25) is 0 Å². The number of non-ortho nitro benzene ring substituents is 1. The molecule has 0 unspecified atom stereocenters. The molecule has 10 heteroatoms. The fraction of sp³-hybridized carbons (Fsp3) is 0.0500. The molecule has 0 fully saturated rings. The third-order valence-corrected chi connectivity index (χ3v) is 4.24. The van der Waals surface area contributed by atoms with Gasteiger partial charge in [-0.05, 0) is 55.0 Å². The number of nitro benzene ring substituents is 1. The van der Waals surface area contributed by atoms with Crippen LogP contribution in [-0.2, 0) is 0 Å². The maximum atomic E-state index is 12.3. The van der Waals surface area contributed by atoms with Gasteiger partial charge >= 0.3 is 0 Å². The lowest BCUT2D eigenvalue weighted by molar-refractivity contribution is -0.384. The Hall–Kier alpha value is -4.05. The summed E-state index contributed by atoms with van der Waals surface area (Å²) in [6.45, 7) is 1.82. The second-order valence-corrected chi connectivity index (χ2v) is 6.59. The van der Waals surface area contributed by atoms with Gasteiger partial charge in [0, 0.05) is 29.1 Å². The maximum Gasteiger partial charge on any atom is 0.291 e. The molecule has 0 aliphatic rings. The lowest BCUT2D eigenvalue weighted by Gasteiger charge is -2.13. The Labute approximate surface area is 176 Å². The number of carbonyl (C=O) groups is 2. The quantitative estimate of drug-likeness (QED) is 0.322. The number of aryl methyl sites for hydroxylation is 1. The van der Waals surface area contributed by atoms with Crippen molar-refractivity contribution in [3.63, 3.8) is 0 Å². The van der Waals surface area contributed by atoms with E-state index in [-0.39, 0.29) is 22.1 Å². The normalized spacial score (nSPS) is 10.2. The van der Waals surface area contributed by atoms with Gasteiger partial charge in [-0.2, -0.15) is 0 Å². The third-order valence-electron chi connectivity index (χ3n) is 4.03. The van der Waals surface area contributed by atoms with Gasteiger partial charge in [0.1, 0.15) is 0 Å². The summed E-state index contributed by atoms with van der Waals surface area (Å²) in [4.78, 5) is 34.7. The van der Waals surface area contributed by atoms with Crippen molar-refractivity contribution < 1.29 is 18.9 Å². The van der Waals surface area contributed by atoms with Crippen molar-refractivity contribution in [3.8, 4) is 0 Å². The number of anilines is 2. The maximum absolute atomic E-state index is 12.3. The molecular formula is C20H16N4O5S.